The third kappa shape index (κ3) is 6.01. The number of nitrogens with zero attached hydrogens (tertiary/aromatic N) is 3. The highest BCUT2D eigenvalue weighted by molar-refractivity contribution is 5.78. The van der Waals surface area contributed by atoms with Crippen LogP contribution in [-0.4, -0.2) is 71.7 Å². The molecular weight excluding hydrogens is 386 g/mol. The van der Waals surface area contributed by atoms with Gasteiger partial charge in [0.05, 0.1) is 12.0 Å². The summed E-state index contributed by atoms with van der Waals surface area (Å²) in [6, 6.07) is 9.19. The molecule has 0 aromatic heterocycles. The van der Waals surface area contributed by atoms with Gasteiger partial charge in [0, 0.05) is 56.4 Å². The van der Waals surface area contributed by atoms with E-state index in [0.29, 0.717) is 18.9 Å². The van der Waals surface area contributed by atoms with Gasteiger partial charge in [0.25, 0.3) is 0 Å². The lowest BCUT2D eigenvalue weighted by Gasteiger charge is -2.61. The average Bonchev–Trinajstić information content (AvgIpc) is 2.70. The lowest BCUT2D eigenvalue weighted by molar-refractivity contribution is -0.152. The first-order valence-electron chi connectivity index (χ1n) is 12.3. The van der Waals surface area contributed by atoms with Crippen LogP contribution >= 0.6 is 0 Å². The first-order valence-corrected chi connectivity index (χ1v) is 12.3. The van der Waals surface area contributed by atoms with Crippen LogP contribution in [0.5, 0.6) is 0 Å². The molecule has 5 nitrogen and oxygen atoms in total. The summed E-state index contributed by atoms with van der Waals surface area (Å²) in [5.74, 6) is 0.134. The number of likely N-dealkylation sites (tertiary alicyclic amines) is 2. The number of aliphatic hydroxyl groups is 1. The van der Waals surface area contributed by atoms with Crippen molar-refractivity contribution >= 4 is 11.6 Å². The molecule has 3 aliphatic heterocycles. The fraction of sp³-hybridized carbons (Fsp3) is 0.731. The summed E-state index contributed by atoms with van der Waals surface area (Å²) >= 11 is 0. The molecule has 3 saturated heterocycles. The van der Waals surface area contributed by atoms with Crippen LogP contribution in [0.3, 0.4) is 0 Å². The monoisotopic (exact) mass is 431 g/mol. The number of piperidine rings is 1. The predicted molar refractivity (Wildman–Crippen MR) is 131 cm³/mol. The second-order valence-corrected chi connectivity index (χ2v) is 9.47. The van der Waals surface area contributed by atoms with Crippen LogP contribution in [0.2, 0.25) is 0 Å². The van der Waals surface area contributed by atoms with E-state index in [1.165, 1.54) is 11.3 Å². The van der Waals surface area contributed by atoms with E-state index in [2.05, 4.69) is 54.8 Å². The Balaban J connectivity index is 0.000000807. The van der Waals surface area contributed by atoms with Crippen LogP contribution in [-0.2, 0) is 4.79 Å². The summed E-state index contributed by atoms with van der Waals surface area (Å²) in [4.78, 5) is 19.4. The van der Waals surface area contributed by atoms with Gasteiger partial charge >= 0.3 is 0 Å². The Kier molecular flexibility index (Phi) is 8.96. The zero-order chi connectivity index (χ0) is 23.2. The van der Waals surface area contributed by atoms with Crippen molar-refractivity contribution < 1.29 is 9.90 Å². The third-order valence-corrected chi connectivity index (χ3v) is 6.80. The minimum Gasteiger partial charge on any atom is -0.389 e. The Morgan fingerprint density at radius 3 is 1.97 bits per heavy atom. The Labute approximate surface area is 190 Å². The van der Waals surface area contributed by atoms with Crippen LogP contribution in [0, 0.1) is 12.3 Å². The number of hydrogen-bond donors (Lipinski definition) is 1. The molecule has 0 bridgehead atoms. The maximum atomic E-state index is 12.7. The molecule has 0 aliphatic carbocycles. The van der Waals surface area contributed by atoms with Gasteiger partial charge in [0.15, 0.2) is 0 Å². The zero-order valence-corrected chi connectivity index (χ0v) is 20.9. The number of amides is 1. The number of anilines is 1. The second kappa shape index (κ2) is 10.8. The normalized spacial score (nSPS) is 21.3. The Hall–Kier alpha value is -1.59. The van der Waals surface area contributed by atoms with Crippen LogP contribution < -0.4 is 4.90 Å². The quantitative estimate of drug-likeness (QED) is 0.771. The van der Waals surface area contributed by atoms with Crippen molar-refractivity contribution in [2.45, 2.75) is 79.4 Å². The molecule has 31 heavy (non-hydrogen) atoms. The van der Waals surface area contributed by atoms with Gasteiger partial charge in [-0.3, -0.25) is 4.79 Å². The largest absolute Gasteiger partial charge is 0.389 e. The van der Waals surface area contributed by atoms with Gasteiger partial charge in [-0.25, -0.2) is 0 Å². The van der Waals surface area contributed by atoms with Gasteiger partial charge in [0.1, 0.15) is 0 Å². The maximum absolute atomic E-state index is 12.7. The van der Waals surface area contributed by atoms with Crippen LogP contribution in [0.4, 0.5) is 5.69 Å². The van der Waals surface area contributed by atoms with Gasteiger partial charge in [-0.1, -0.05) is 45.4 Å². The van der Waals surface area contributed by atoms with Gasteiger partial charge < -0.3 is 19.8 Å². The van der Waals surface area contributed by atoms with Gasteiger partial charge in [-0.2, -0.15) is 0 Å². The maximum Gasteiger partial charge on any atom is 0.225 e. The summed E-state index contributed by atoms with van der Waals surface area (Å²) in [5, 5.41) is 10.8. The fourth-order valence-corrected chi connectivity index (χ4v) is 4.87. The Bertz CT molecular complexity index is 679. The molecule has 176 valence electrons. The molecular formula is C26H45N3O2. The molecule has 1 aromatic rings. The van der Waals surface area contributed by atoms with Crippen LogP contribution in [0.1, 0.15) is 66.4 Å². The van der Waals surface area contributed by atoms with Gasteiger partial charge in [0.2, 0.25) is 5.91 Å². The summed E-state index contributed by atoms with van der Waals surface area (Å²) in [5.41, 5.74) is 2.04. The summed E-state index contributed by atoms with van der Waals surface area (Å²) in [7, 11) is 0. The highest BCUT2D eigenvalue weighted by Gasteiger charge is 2.53. The van der Waals surface area contributed by atoms with Crippen molar-refractivity contribution in [2.75, 3.05) is 44.2 Å². The smallest absolute Gasteiger partial charge is 0.225 e. The number of carbonyl (C=O) groups is 1. The molecule has 1 spiro atoms. The summed E-state index contributed by atoms with van der Waals surface area (Å²) < 4.78 is 0. The predicted octanol–water partition coefficient (Wildman–Crippen LogP) is 4.32. The van der Waals surface area contributed by atoms with Crippen LogP contribution in [0.25, 0.3) is 0 Å². The SMILES string of the molecule is CC.CC.Cc1ccc(N2CC3(CN(C(=O)CC4(O)CCN(C(C)C)CC4)C3)C2)cc1. The van der Waals surface area contributed by atoms with Gasteiger partial charge in [-0.05, 0) is 45.7 Å². The summed E-state index contributed by atoms with van der Waals surface area (Å²) in [6.07, 6.45) is 1.70. The van der Waals surface area contributed by atoms with Crippen molar-refractivity contribution in [2.24, 2.45) is 5.41 Å². The van der Waals surface area contributed by atoms with Crippen molar-refractivity contribution in [1.29, 1.82) is 0 Å². The van der Waals surface area contributed by atoms with Crippen molar-refractivity contribution in [3.05, 3.63) is 29.8 Å². The molecule has 4 rings (SSSR count). The van der Waals surface area contributed by atoms with Crippen molar-refractivity contribution in [3.8, 4) is 0 Å². The van der Waals surface area contributed by atoms with E-state index >= 15 is 0 Å². The number of hydrogen-bond acceptors (Lipinski definition) is 4. The molecule has 0 unspecified atom stereocenters. The number of carbonyl (C=O) groups excluding carboxylic acids is 1. The standard InChI is InChI=1S/C22H33N3O2.2C2H6/c1-17(2)23-10-8-22(27,9-11-23)12-20(26)25-15-21(16-25)13-24(14-21)19-6-4-18(3)5-7-19;2*1-2/h4-7,17,27H,8-16H2,1-3H3;2*1-2H3. The van der Waals surface area contributed by atoms with E-state index in [1.807, 2.05) is 32.6 Å². The molecule has 0 radical (unpaired) electrons. The van der Waals surface area contributed by atoms with Gasteiger partial charge in [-0.15, -0.1) is 0 Å². The molecule has 3 aliphatic rings. The molecule has 1 amide bonds. The highest BCUT2D eigenvalue weighted by atomic mass is 16.3. The first kappa shape index (κ1) is 25.7. The Morgan fingerprint density at radius 2 is 1.48 bits per heavy atom. The molecule has 3 fully saturated rings. The van der Waals surface area contributed by atoms with Crippen molar-refractivity contribution in [3.63, 3.8) is 0 Å². The summed E-state index contributed by atoms with van der Waals surface area (Å²) in [6.45, 7) is 20.0. The topological polar surface area (TPSA) is 47.0 Å². The van der Waals surface area contributed by atoms with Crippen LogP contribution in [0.15, 0.2) is 24.3 Å². The third-order valence-electron chi connectivity index (χ3n) is 6.80. The average molecular weight is 432 g/mol. The van der Waals surface area contributed by atoms with E-state index < -0.39 is 5.60 Å². The fourth-order valence-electron chi connectivity index (χ4n) is 4.87. The van der Waals surface area contributed by atoms with Crippen molar-refractivity contribution in [1.82, 2.24) is 9.80 Å². The molecule has 1 aromatic carbocycles. The van der Waals surface area contributed by atoms with E-state index in [9.17, 15) is 9.90 Å². The molecule has 5 heteroatoms. The lowest BCUT2D eigenvalue weighted by Crippen LogP contribution is -2.73. The minimum absolute atomic E-state index is 0.134. The lowest BCUT2D eigenvalue weighted by atomic mass is 9.72. The first-order chi connectivity index (χ1) is 14.8. The number of benzene rings is 1. The number of aryl methyl sites for hydroxylation is 1. The van der Waals surface area contributed by atoms with E-state index in [0.717, 1.165) is 39.3 Å². The minimum atomic E-state index is -0.807. The van der Waals surface area contributed by atoms with E-state index in [-0.39, 0.29) is 17.7 Å². The number of rotatable bonds is 4. The van der Waals surface area contributed by atoms with E-state index in [1.54, 1.807) is 0 Å². The Morgan fingerprint density at radius 1 is 0.968 bits per heavy atom. The molecule has 3 heterocycles. The second-order valence-electron chi connectivity index (χ2n) is 9.47. The molecule has 1 N–H and O–H groups in total. The highest BCUT2D eigenvalue weighted by Crippen LogP contribution is 2.42. The zero-order valence-electron chi connectivity index (χ0n) is 20.9. The van der Waals surface area contributed by atoms with E-state index in [4.69, 9.17) is 0 Å². The molecule has 0 saturated carbocycles. The molecule has 0 atom stereocenters.